The third kappa shape index (κ3) is 3.61. The number of carbonyl (C=O) groups excluding carboxylic acids is 1. The van der Waals surface area contributed by atoms with Crippen LogP contribution in [0, 0.1) is 0 Å². The van der Waals surface area contributed by atoms with Crippen LogP contribution in [-0.2, 0) is 0 Å². The van der Waals surface area contributed by atoms with Gasteiger partial charge in [-0.25, -0.2) is 0 Å². The summed E-state index contributed by atoms with van der Waals surface area (Å²) in [5.74, 6) is -0.114. The molecule has 0 spiro atoms. The molecule has 2 rings (SSSR count). The minimum Gasteiger partial charge on any atom is -0.398 e. The Labute approximate surface area is 118 Å². The highest BCUT2D eigenvalue weighted by molar-refractivity contribution is 6.31. The average Bonchev–Trinajstić information content (AvgIpc) is 2.38. The van der Waals surface area contributed by atoms with E-state index in [1.54, 1.807) is 18.2 Å². The fourth-order valence-electron chi connectivity index (χ4n) is 2.46. The lowest BCUT2D eigenvalue weighted by Gasteiger charge is -2.32. The maximum atomic E-state index is 12.2. The quantitative estimate of drug-likeness (QED) is 0.835. The number of carbonyl (C=O) groups is 1. The van der Waals surface area contributed by atoms with Gasteiger partial charge in [0.05, 0.1) is 5.56 Å². The first-order chi connectivity index (χ1) is 9.10. The molecule has 1 atom stereocenters. The maximum Gasteiger partial charge on any atom is 0.253 e. The highest BCUT2D eigenvalue weighted by atomic mass is 35.5. The summed E-state index contributed by atoms with van der Waals surface area (Å²) in [6.07, 6.45) is 2.14. The number of anilines is 1. The largest absolute Gasteiger partial charge is 0.398 e. The number of amides is 1. The van der Waals surface area contributed by atoms with Crippen molar-refractivity contribution in [2.24, 2.45) is 0 Å². The molecule has 19 heavy (non-hydrogen) atoms. The normalized spacial score (nSPS) is 20.2. The summed E-state index contributed by atoms with van der Waals surface area (Å²) in [5, 5.41) is 3.60. The molecular formula is C14H20ClN3O. The van der Waals surface area contributed by atoms with Crippen LogP contribution in [0.4, 0.5) is 5.69 Å². The third-order valence-electron chi connectivity index (χ3n) is 3.55. The van der Waals surface area contributed by atoms with Crippen LogP contribution >= 0.6 is 11.6 Å². The van der Waals surface area contributed by atoms with Gasteiger partial charge in [0.2, 0.25) is 0 Å². The molecule has 5 heteroatoms. The van der Waals surface area contributed by atoms with Gasteiger partial charge in [0.1, 0.15) is 0 Å². The summed E-state index contributed by atoms with van der Waals surface area (Å²) < 4.78 is 0. The fraction of sp³-hybridized carbons (Fsp3) is 0.500. The molecule has 0 aromatic heterocycles. The van der Waals surface area contributed by atoms with Crippen LogP contribution in [0.15, 0.2) is 18.2 Å². The number of benzene rings is 1. The summed E-state index contributed by atoms with van der Waals surface area (Å²) >= 11 is 5.83. The number of nitrogen functional groups attached to an aromatic ring is 1. The van der Waals surface area contributed by atoms with Crippen LogP contribution in [0.2, 0.25) is 5.02 Å². The smallest absolute Gasteiger partial charge is 0.253 e. The molecule has 0 radical (unpaired) electrons. The number of piperidine rings is 1. The molecule has 1 fully saturated rings. The van der Waals surface area contributed by atoms with Crippen molar-refractivity contribution in [3.8, 4) is 0 Å². The minimum absolute atomic E-state index is 0.114. The zero-order chi connectivity index (χ0) is 13.8. The average molecular weight is 282 g/mol. The van der Waals surface area contributed by atoms with Crippen LogP contribution in [0.1, 0.15) is 30.1 Å². The molecule has 1 aromatic carbocycles. The van der Waals surface area contributed by atoms with E-state index in [1.165, 1.54) is 0 Å². The Bertz CT molecular complexity index is 464. The highest BCUT2D eigenvalue weighted by Gasteiger charge is 2.21. The Morgan fingerprint density at radius 2 is 2.37 bits per heavy atom. The Balaban J connectivity index is 2.00. The lowest BCUT2D eigenvalue weighted by Crippen LogP contribution is -2.47. The lowest BCUT2D eigenvalue weighted by molar-refractivity contribution is 0.0907. The van der Waals surface area contributed by atoms with E-state index in [9.17, 15) is 4.79 Å². The van der Waals surface area contributed by atoms with Gasteiger partial charge in [-0.2, -0.15) is 0 Å². The van der Waals surface area contributed by atoms with Gasteiger partial charge < -0.3 is 16.0 Å². The molecule has 0 bridgehead atoms. The zero-order valence-corrected chi connectivity index (χ0v) is 11.9. The van der Waals surface area contributed by atoms with Gasteiger partial charge in [0.15, 0.2) is 0 Å². The number of likely N-dealkylation sites (tertiary alicyclic amines) is 1. The number of nitrogens with zero attached hydrogens (tertiary/aromatic N) is 1. The van der Waals surface area contributed by atoms with E-state index in [0.717, 1.165) is 32.5 Å². The van der Waals surface area contributed by atoms with E-state index in [0.29, 0.717) is 16.3 Å². The number of rotatable bonds is 3. The van der Waals surface area contributed by atoms with Crippen molar-refractivity contribution < 1.29 is 4.79 Å². The predicted molar refractivity (Wildman–Crippen MR) is 78.5 cm³/mol. The van der Waals surface area contributed by atoms with Gasteiger partial charge in [-0.3, -0.25) is 4.79 Å². The van der Waals surface area contributed by atoms with E-state index in [-0.39, 0.29) is 11.9 Å². The minimum atomic E-state index is -0.114. The second-order valence-corrected chi connectivity index (χ2v) is 5.37. The third-order valence-corrected chi connectivity index (χ3v) is 3.78. The predicted octanol–water partition coefficient (Wildman–Crippen LogP) is 2.14. The van der Waals surface area contributed by atoms with Gasteiger partial charge in [-0.05, 0) is 44.1 Å². The molecule has 1 unspecified atom stereocenters. The summed E-state index contributed by atoms with van der Waals surface area (Å²) in [4.78, 5) is 14.5. The molecule has 4 nitrogen and oxygen atoms in total. The zero-order valence-electron chi connectivity index (χ0n) is 11.2. The second-order valence-electron chi connectivity index (χ2n) is 4.94. The molecule has 104 valence electrons. The summed E-state index contributed by atoms with van der Waals surface area (Å²) in [6.45, 7) is 5.19. The number of nitrogens with two attached hydrogens (primary N) is 1. The van der Waals surface area contributed by atoms with Crippen molar-refractivity contribution >= 4 is 23.2 Å². The van der Waals surface area contributed by atoms with E-state index in [4.69, 9.17) is 17.3 Å². The van der Waals surface area contributed by atoms with Crippen molar-refractivity contribution in [1.82, 2.24) is 10.2 Å². The van der Waals surface area contributed by atoms with Gasteiger partial charge in [-0.15, -0.1) is 0 Å². The van der Waals surface area contributed by atoms with Gasteiger partial charge in [0, 0.05) is 23.3 Å². The Morgan fingerprint density at radius 3 is 3.05 bits per heavy atom. The number of hydrogen-bond donors (Lipinski definition) is 2. The summed E-state index contributed by atoms with van der Waals surface area (Å²) in [7, 11) is 0. The van der Waals surface area contributed by atoms with Crippen LogP contribution in [-0.4, -0.2) is 36.5 Å². The van der Waals surface area contributed by atoms with E-state index in [1.807, 2.05) is 0 Å². The monoisotopic (exact) mass is 281 g/mol. The van der Waals surface area contributed by atoms with Crippen molar-refractivity contribution in [1.29, 1.82) is 0 Å². The van der Waals surface area contributed by atoms with Crippen LogP contribution in [0.25, 0.3) is 0 Å². The summed E-state index contributed by atoms with van der Waals surface area (Å²) in [5.41, 5.74) is 6.75. The fourth-order valence-corrected chi connectivity index (χ4v) is 2.64. The van der Waals surface area contributed by atoms with Crippen molar-refractivity contribution in [3.05, 3.63) is 28.8 Å². The molecule has 1 aliphatic rings. The van der Waals surface area contributed by atoms with E-state index < -0.39 is 0 Å². The SMILES string of the molecule is CCN1CCCC(NC(=O)c2ccc(Cl)cc2N)C1. The molecule has 1 aliphatic heterocycles. The van der Waals surface area contributed by atoms with Crippen LogP contribution in [0.5, 0.6) is 0 Å². The standard InChI is InChI=1S/C14H20ClN3O/c1-2-18-7-3-4-11(9-18)17-14(19)12-6-5-10(15)8-13(12)16/h5-6,8,11H,2-4,7,9,16H2,1H3,(H,17,19). The highest BCUT2D eigenvalue weighted by Crippen LogP contribution is 2.18. The van der Waals surface area contributed by atoms with Crippen LogP contribution in [0.3, 0.4) is 0 Å². The maximum absolute atomic E-state index is 12.2. The lowest BCUT2D eigenvalue weighted by atomic mass is 10.0. The molecule has 0 aliphatic carbocycles. The Hall–Kier alpha value is -1.26. The summed E-state index contributed by atoms with van der Waals surface area (Å²) in [6, 6.07) is 5.17. The van der Waals surface area contributed by atoms with E-state index in [2.05, 4.69) is 17.1 Å². The molecule has 3 N–H and O–H groups in total. The van der Waals surface area contributed by atoms with Gasteiger partial charge >= 0.3 is 0 Å². The van der Waals surface area contributed by atoms with E-state index >= 15 is 0 Å². The number of hydrogen-bond acceptors (Lipinski definition) is 3. The molecule has 1 aromatic rings. The first-order valence-corrected chi connectivity index (χ1v) is 7.06. The molecule has 1 amide bonds. The Kier molecular flexibility index (Phi) is 4.66. The van der Waals surface area contributed by atoms with Gasteiger partial charge in [-0.1, -0.05) is 18.5 Å². The van der Waals surface area contributed by atoms with Gasteiger partial charge in [0.25, 0.3) is 5.91 Å². The molecule has 1 heterocycles. The Morgan fingerprint density at radius 1 is 1.58 bits per heavy atom. The molecule has 1 saturated heterocycles. The van der Waals surface area contributed by atoms with Crippen LogP contribution < -0.4 is 11.1 Å². The van der Waals surface area contributed by atoms with Crippen molar-refractivity contribution in [2.75, 3.05) is 25.4 Å². The number of nitrogens with one attached hydrogen (secondary N) is 1. The number of likely N-dealkylation sites (N-methyl/N-ethyl adjacent to an activating group) is 1. The molecule has 0 saturated carbocycles. The first-order valence-electron chi connectivity index (χ1n) is 6.68. The number of halogens is 1. The second kappa shape index (κ2) is 6.26. The van der Waals surface area contributed by atoms with Crippen molar-refractivity contribution in [3.63, 3.8) is 0 Å². The topological polar surface area (TPSA) is 58.4 Å². The first kappa shape index (κ1) is 14.2. The van der Waals surface area contributed by atoms with Crippen molar-refractivity contribution in [2.45, 2.75) is 25.8 Å². The molecular weight excluding hydrogens is 262 g/mol.